The molecule has 0 aliphatic carbocycles. The molecule has 0 spiro atoms. The Morgan fingerprint density at radius 1 is 1.35 bits per heavy atom. The Kier molecular flexibility index (Phi) is 4.60. The van der Waals surface area contributed by atoms with Crippen LogP contribution in [0.4, 0.5) is 0 Å². The molecule has 1 aromatic carbocycles. The quantitative estimate of drug-likeness (QED) is 0.923. The number of benzene rings is 1. The molecule has 1 aromatic rings. The highest BCUT2D eigenvalue weighted by Gasteiger charge is 2.18. The number of piperidine rings is 1. The minimum absolute atomic E-state index is 0.715. The molecule has 0 aromatic heterocycles. The lowest BCUT2D eigenvalue weighted by Crippen LogP contribution is -2.40. The van der Waals surface area contributed by atoms with Crippen LogP contribution in [-0.2, 0) is 6.54 Å². The summed E-state index contributed by atoms with van der Waals surface area (Å²) in [5.74, 6) is 0. The topological polar surface area (TPSA) is 15.3 Å². The predicted octanol–water partition coefficient (Wildman–Crippen LogP) is 2.94. The number of aryl methyl sites for hydroxylation is 1. The highest BCUT2D eigenvalue weighted by Crippen LogP contribution is 2.21. The summed E-state index contributed by atoms with van der Waals surface area (Å²) in [6, 6.07) is 7.35. The average Bonchev–Trinajstić information content (AvgIpc) is 2.34. The van der Waals surface area contributed by atoms with E-state index < -0.39 is 0 Å². The Labute approximate surface area is 113 Å². The van der Waals surface area contributed by atoms with Gasteiger partial charge in [0.2, 0.25) is 0 Å². The summed E-state index contributed by atoms with van der Waals surface area (Å²) in [4.78, 5) is 2.54. The van der Waals surface area contributed by atoms with Crippen LogP contribution in [-0.4, -0.2) is 31.1 Å². The first-order valence-corrected chi connectivity index (χ1v) is 7.13. The Hall–Kier alpha value is -0.380. The van der Waals surface area contributed by atoms with Gasteiger partial charge in [-0.3, -0.25) is 4.90 Å². The van der Waals surface area contributed by atoms with Gasteiger partial charge in [0.15, 0.2) is 0 Å². The standard InChI is InChI=1S/C14H21BrN2/c1-11-3-4-12(14(15)9-11)10-17-7-5-13(16-2)6-8-17/h3-4,9,13,16H,5-8,10H2,1-2H3. The average molecular weight is 297 g/mol. The van der Waals surface area contributed by atoms with Crippen LogP contribution >= 0.6 is 15.9 Å². The van der Waals surface area contributed by atoms with Crippen molar-refractivity contribution in [1.29, 1.82) is 0 Å². The van der Waals surface area contributed by atoms with Crippen molar-refractivity contribution in [1.82, 2.24) is 10.2 Å². The second-order valence-electron chi connectivity index (χ2n) is 4.93. The smallest absolute Gasteiger partial charge is 0.0244 e. The number of halogens is 1. The Morgan fingerprint density at radius 3 is 2.65 bits per heavy atom. The fourth-order valence-electron chi connectivity index (χ4n) is 2.40. The fraction of sp³-hybridized carbons (Fsp3) is 0.571. The molecule has 0 atom stereocenters. The molecule has 1 heterocycles. The van der Waals surface area contributed by atoms with E-state index in [0.717, 1.165) is 6.54 Å². The van der Waals surface area contributed by atoms with Gasteiger partial charge in [-0.2, -0.15) is 0 Å². The maximum Gasteiger partial charge on any atom is 0.0244 e. The van der Waals surface area contributed by atoms with Crippen LogP contribution in [0, 0.1) is 6.92 Å². The van der Waals surface area contributed by atoms with Crippen LogP contribution in [0.15, 0.2) is 22.7 Å². The van der Waals surface area contributed by atoms with Crippen molar-refractivity contribution in [3.8, 4) is 0 Å². The van der Waals surface area contributed by atoms with Crippen LogP contribution in [0.1, 0.15) is 24.0 Å². The maximum absolute atomic E-state index is 3.66. The summed E-state index contributed by atoms with van der Waals surface area (Å²) >= 11 is 3.66. The molecule has 1 saturated heterocycles. The van der Waals surface area contributed by atoms with Crippen LogP contribution in [0.3, 0.4) is 0 Å². The molecule has 17 heavy (non-hydrogen) atoms. The molecule has 1 aliphatic rings. The van der Waals surface area contributed by atoms with E-state index in [9.17, 15) is 0 Å². The molecule has 1 N–H and O–H groups in total. The number of nitrogens with zero attached hydrogens (tertiary/aromatic N) is 1. The third kappa shape index (κ3) is 3.54. The normalized spacial score (nSPS) is 18.5. The molecule has 94 valence electrons. The van der Waals surface area contributed by atoms with Crippen LogP contribution in [0.5, 0.6) is 0 Å². The zero-order valence-electron chi connectivity index (χ0n) is 10.7. The summed E-state index contributed by atoms with van der Waals surface area (Å²) in [6.07, 6.45) is 2.53. The maximum atomic E-state index is 3.66. The van der Waals surface area contributed by atoms with Gasteiger partial charge in [0, 0.05) is 17.1 Å². The first-order valence-electron chi connectivity index (χ1n) is 6.33. The summed E-state index contributed by atoms with van der Waals surface area (Å²) < 4.78 is 1.24. The van der Waals surface area contributed by atoms with Gasteiger partial charge in [-0.05, 0) is 57.1 Å². The monoisotopic (exact) mass is 296 g/mol. The molecule has 0 radical (unpaired) electrons. The Morgan fingerprint density at radius 2 is 2.06 bits per heavy atom. The van der Waals surface area contributed by atoms with E-state index in [1.54, 1.807) is 0 Å². The van der Waals surface area contributed by atoms with Gasteiger partial charge in [-0.1, -0.05) is 28.1 Å². The predicted molar refractivity (Wildman–Crippen MR) is 76.2 cm³/mol. The van der Waals surface area contributed by atoms with Crippen molar-refractivity contribution >= 4 is 15.9 Å². The second kappa shape index (κ2) is 5.98. The van der Waals surface area contributed by atoms with Gasteiger partial charge in [0.1, 0.15) is 0 Å². The summed E-state index contributed by atoms with van der Waals surface area (Å²) in [7, 11) is 2.07. The van der Waals surface area contributed by atoms with Gasteiger partial charge in [-0.25, -0.2) is 0 Å². The molecule has 0 bridgehead atoms. The lowest BCUT2D eigenvalue weighted by atomic mass is 10.0. The molecule has 3 heteroatoms. The third-order valence-corrected chi connectivity index (χ3v) is 4.34. The van der Waals surface area contributed by atoms with E-state index in [1.807, 2.05) is 0 Å². The summed E-state index contributed by atoms with van der Waals surface area (Å²) in [6.45, 7) is 5.60. The minimum Gasteiger partial charge on any atom is -0.317 e. The van der Waals surface area contributed by atoms with Gasteiger partial charge < -0.3 is 5.32 Å². The number of rotatable bonds is 3. The zero-order valence-corrected chi connectivity index (χ0v) is 12.3. The number of likely N-dealkylation sites (tertiary alicyclic amines) is 1. The van der Waals surface area contributed by atoms with Gasteiger partial charge in [-0.15, -0.1) is 0 Å². The summed E-state index contributed by atoms with van der Waals surface area (Å²) in [5, 5.41) is 3.37. The second-order valence-corrected chi connectivity index (χ2v) is 5.79. The van der Waals surface area contributed by atoms with Crippen molar-refractivity contribution in [2.75, 3.05) is 20.1 Å². The highest BCUT2D eigenvalue weighted by atomic mass is 79.9. The van der Waals surface area contributed by atoms with Crippen molar-refractivity contribution < 1.29 is 0 Å². The summed E-state index contributed by atoms with van der Waals surface area (Å²) in [5.41, 5.74) is 2.72. The first-order chi connectivity index (χ1) is 8.19. The van der Waals surface area contributed by atoms with E-state index in [-0.39, 0.29) is 0 Å². The number of nitrogens with one attached hydrogen (secondary N) is 1. The number of hydrogen-bond donors (Lipinski definition) is 1. The lowest BCUT2D eigenvalue weighted by molar-refractivity contribution is 0.194. The fourth-order valence-corrected chi connectivity index (χ4v) is 3.02. The third-order valence-electron chi connectivity index (χ3n) is 3.60. The van der Waals surface area contributed by atoms with Crippen molar-refractivity contribution in [3.63, 3.8) is 0 Å². The van der Waals surface area contributed by atoms with E-state index in [4.69, 9.17) is 0 Å². The molecule has 0 unspecified atom stereocenters. The largest absolute Gasteiger partial charge is 0.317 e. The van der Waals surface area contributed by atoms with E-state index in [2.05, 4.69) is 58.3 Å². The molecule has 2 nitrogen and oxygen atoms in total. The van der Waals surface area contributed by atoms with Crippen LogP contribution in [0.25, 0.3) is 0 Å². The van der Waals surface area contributed by atoms with Crippen molar-refractivity contribution in [2.45, 2.75) is 32.4 Å². The van der Waals surface area contributed by atoms with Crippen molar-refractivity contribution in [2.24, 2.45) is 0 Å². The van der Waals surface area contributed by atoms with Gasteiger partial charge in [0.05, 0.1) is 0 Å². The van der Waals surface area contributed by atoms with Crippen LogP contribution in [0.2, 0.25) is 0 Å². The first kappa shape index (κ1) is 13.1. The molecule has 1 fully saturated rings. The van der Waals surface area contributed by atoms with E-state index in [0.29, 0.717) is 6.04 Å². The van der Waals surface area contributed by atoms with Crippen LogP contribution < -0.4 is 5.32 Å². The molecule has 1 aliphatic heterocycles. The van der Waals surface area contributed by atoms with Crippen molar-refractivity contribution in [3.05, 3.63) is 33.8 Å². The Bertz CT molecular complexity index is 370. The highest BCUT2D eigenvalue weighted by molar-refractivity contribution is 9.10. The number of hydrogen-bond acceptors (Lipinski definition) is 2. The molecular weight excluding hydrogens is 276 g/mol. The Balaban J connectivity index is 1.93. The van der Waals surface area contributed by atoms with Gasteiger partial charge >= 0.3 is 0 Å². The van der Waals surface area contributed by atoms with Gasteiger partial charge in [0.25, 0.3) is 0 Å². The molecule has 0 saturated carbocycles. The SMILES string of the molecule is CNC1CCN(Cc2ccc(C)cc2Br)CC1. The molecule has 2 rings (SSSR count). The molecular formula is C14H21BrN2. The minimum atomic E-state index is 0.715. The zero-order chi connectivity index (χ0) is 12.3. The molecule has 0 amide bonds. The van der Waals surface area contributed by atoms with E-state index in [1.165, 1.54) is 41.5 Å². The van der Waals surface area contributed by atoms with E-state index >= 15 is 0 Å². The lowest BCUT2D eigenvalue weighted by Gasteiger charge is -2.32.